The molecule has 254 valence electrons. The number of β-lactam (4-membered cyclic amide) rings is 1. The van der Waals surface area contributed by atoms with Crippen LogP contribution in [0.5, 0.6) is 5.75 Å². The van der Waals surface area contributed by atoms with Gasteiger partial charge in [0, 0.05) is 0 Å². The number of amides is 1. The molecule has 10 heteroatoms. The van der Waals surface area contributed by atoms with E-state index in [1.807, 2.05) is 97.9 Å². The van der Waals surface area contributed by atoms with Gasteiger partial charge >= 0.3 is 291 Å². The number of ether oxygens (including phenoxy) is 2. The number of Topliss-reactive ketones (excluding diaryl/α,β-unsaturated/α-hetero) is 1. The van der Waals surface area contributed by atoms with Gasteiger partial charge in [-0.05, 0) is 0 Å². The molecule has 0 spiro atoms. The van der Waals surface area contributed by atoms with E-state index >= 15 is 4.79 Å². The van der Waals surface area contributed by atoms with Crippen molar-refractivity contribution in [3.63, 3.8) is 0 Å². The summed E-state index contributed by atoms with van der Waals surface area (Å²) in [6, 6.07) is 41.0. The molecule has 1 fully saturated rings. The molecule has 1 aliphatic heterocycles. The molecule has 5 aromatic rings. The van der Waals surface area contributed by atoms with Crippen molar-refractivity contribution >= 4 is 45.6 Å². The van der Waals surface area contributed by atoms with Crippen molar-refractivity contribution in [2.24, 2.45) is 0 Å². The molecule has 50 heavy (non-hydrogen) atoms. The van der Waals surface area contributed by atoms with Gasteiger partial charge in [-0.15, -0.1) is 0 Å². The number of hydrogen-bond acceptors (Lipinski definition) is 7. The van der Waals surface area contributed by atoms with Gasteiger partial charge in [-0.1, -0.05) is 0 Å². The van der Waals surface area contributed by atoms with Gasteiger partial charge in [0.25, 0.3) is 0 Å². The fourth-order valence-corrected chi connectivity index (χ4v) is 13.1. The molecular formula is C40H37N2O7P. The van der Waals surface area contributed by atoms with Crippen molar-refractivity contribution in [3.8, 4) is 5.75 Å². The predicted octanol–water partition coefficient (Wildman–Crippen LogP) is 6.99. The van der Waals surface area contributed by atoms with Crippen LogP contribution >= 0.6 is 6.60 Å². The van der Waals surface area contributed by atoms with Crippen LogP contribution in [0.15, 0.2) is 140 Å². The van der Waals surface area contributed by atoms with Gasteiger partial charge in [0.2, 0.25) is 0 Å². The third kappa shape index (κ3) is 5.73. The van der Waals surface area contributed by atoms with E-state index in [1.165, 1.54) is 6.07 Å². The number of rotatable bonds is 13. The van der Waals surface area contributed by atoms with E-state index in [-0.39, 0.29) is 48.7 Å². The number of likely N-dealkylation sites (tertiary alicyclic amines) is 1. The Labute approximate surface area is 290 Å². The van der Waals surface area contributed by atoms with Crippen molar-refractivity contribution in [3.05, 3.63) is 161 Å². The van der Waals surface area contributed by atoms with Crippen molar-refractivity contribution in [2.45, 2.75) is 31.9 Å². The zero-order chi connectivity index (χ0) is 35.4. The Morgan fingerprint density at radius 2 is 1.28 bits per heavy atom. The van der Waals surface area contributed by atoms with Crippen LogP contribution in [-0.2, 0) is 16.1 Å². The SMILES string of the molecule is COc1ccc(C(=O)CC2(C)CC(=O)N2CP(C(=O)OCc2ccccc2[N+](=O)[O-])(c2ccccc2)(c2ccccc2)c2ccccc2)cc1. The van der Waals surface area contributed by atoms with E-state index in [9.17, 15) is 19.7 Å². The molecule has 0 N–H and O–H groups in total. The number of nitro benzene ring substituents is 1. The average Bonchev–Trinajstić information content (AvgIpc) is 3.15. The van der Waals surface area contributed by atoms with Crippen LogP contribution in [0.2, 0.25) is 0 Å². The Morgan fingerprint density at radius 3 is 1.76 bits per heavy atom. The molecule has 0 aromatic heterocycles. The molecule has 1 aliphatic rings. The Hall–Kier alpha value is -5.66. The second-order valence-corrected chi connectivity index (χ2v) is 17.5. The summed E-state index contributed by atoms with van der Waals surface area (Å²) in [5.41, 5.74) is -0.953. The van der Waals surface area contributed by atoms with Crippen LogP contribution in [0.3, 0.4) is 0 Å². The molecule has 0 saturated carbocycles. The molecule has 6 rings (SSSR count). The first-order valence-electron chi connectivity index (χ1n) is 16.2. The maximum atomic E-state index is 15.6. The van der Waals surface area contributed by atoms with E-state index in [2.05, 4.69) is 0 Å². The van der Waals surface area contributed by atoms with Gasteiger partial charge in [0.1, 0.15) is 0 Å². The Kier molecular flexibility index (Phi) is 9.37. The summed E-state index contributed by atoms with van der Waals surface area (Å²) < 4.78 is 11.6. The summed E-state index contributed by atoms with van der Waals surface area (Å²) in [6.45, 7) is -3.06. The zero-order valence-electron chi connectivity index (χ0n) is 27.8. The van der Waals surface area contributed by atoms with Gasteiger partial charge in [-0.2, -0.15) is 0 Å². The molecule has 1 unspecified atom stereocenters. The van der Waals surface area contributed by atoms with Crippen LogP contribution in [0.4, 0.5) is 10.5 Å². The second kappa shape index (κ2) is 13.7. The molecule has 0 aliphatic carbocycles. The van der Waals surface area contributed by atoms with Gasteiger partial charge in [-0.3, -0.25) is 0 Å². The predicted molar refractivity (Wildman–Crippen MR) is 195 cm³/mol. The van der Waals surface area contributed by atoms with Crippen molar-refractivity contribution < 1.29 is 28.8 Å². The minimum absolute atomic E-state index is 0.0290. The fourth-order valence-electron chi connectivity index (χ4n) is 7.07. The van der Waals surface area contributed by atoms with E-state index in [0.29, 0.717) is 27.2 Å². The quantitative estimate of drug-likeness (QED) is 0.0431. The molecule has 1 heterocycles. The Bertz CT molecular complexity index is 1940. The van der Waals surface area contributed by atoms with E-state index in [1.54, 1.807) is 54.5 Å². The summed E-state index contributed by atoms with van der Waals surface area (Å²) in [5, 5.41) is 13.9. The molecule has 1 atom stereocenters. The fraction of sp³-hybridized carbons (Fsp3) is 0.175. The van der Waals surface area contributed by atoms with Gasteiger partial charge in [0.05, 0.1) is 0 Å². The molecule has 9 nitrogen and oxygen atoms in total. The molecular weight excluding hydrogens is 651 g/mol. The van der Waals surface area contributed by atoms with Gasteiger partial charge < -0.3 is 0 Å². The van der Waals surface area contributed by atoms with E-state index in [0.717, 1.165) is 0 Å². The molecule has 5 aromatic carbocycles. The van der Waals surface area contributed by atoms with Crippen molar-refractivity contribution in [2.75, 3.05) is 13.4 Å². The molecule has 1 amide bonds. The summed E-state index contributed by atoms with van der Waals surface area (Å²) in [5.74, 6) is 0.280. The number of hydrogen-bond donors (Lipinski definition) is 0. The van der Waals surface area contributed by atoms with Crippen LogP contribution < -0.4 is 20.7 Å². The third-order valence-corrected chi connectivity index (χ3v) is 15.9. The number of methoxy groups -OCH3 is 1. The third-order valence-electron chi connectivity index (χ3n) is 9.78. The average molecular weight is 689 g/mol. The summed E-state index contributed by atoms with van der Waals surface area (Å²) >= 11 is 0. The zero-order valence-corrected chi connectivity index (χ0v) is 28.7. The first kappa shape index (κ1) is 34.2. The van der Waals surface area contributed by atoms with E-state index in [4.69, 9.17) is 9.47 Å². The number of carbonyl (C=O) groups is 3. The summed E-state index contributed by atoms with van der Waals surface area (Å²) in [7, 11) is 1.56. The molecule has 0 radical (unpaired) electrons. The van der Waals surface area contributed by atoms with Crippen LogP contribution in [0, 0.1) is 10.1 Å². The monoisotopic (exact) mass is 688 g/mol. The number of benzene rings is 5. The Balaban J connectivity index is 1.54. The number of nitro groups is 1. The topological polar surface area (TPSA) is 116 Å². The summed E-state index contributed by atoms with van der Waals surface area (Å²) in [6.07, 6.45) is 0.0663. The molecule has 1 saturated heterocycles. The second-order valence-electron chi connectivity index (χ2n) is 12.7. The van der Waals surface area contributed by atoms with Crippen LogP contribution in [0.25, 0.3) is 0 Å². The van der Waals surface area contributed by atoms with E-state index < -0.39 is 22.8 Å². The standard InChI is InChI=1S/C40H37N2O7P/c1-40(26-37(43)30-22-24-32(48-2)25-23-30)27-38(44)41(40)29-50(33-15-6-3-7-16-33,34-17-8-4-9-18-34,35-19-10-5-11-20-35)39(45)49-28-31-14-12-13-21-36(31)42(46)47/h3-25H,26-29H2,1-2H3. The normalized spacial score (nSPS) is 16.4. The van der Waals surface area contributed by atoms with Gasteiger partial charge in [-0.25, -0.2) is 0 Å². The van der Waals surface area contributed by atoms with Crippen LogP contribution in [-0.4, -0.2) is 46.2 Å². The Morgan fingerprint density at radius 1 is 0.780 bits per heavy atom. The minimum atomic E-state index is -4.58. The van der Waals surface area contributed by atoms with Crippen molar-refractivity contribution in [1.29, 1.82) is 0 Å². The first-order chi connectivity index (χ1) is 24.1. The molecule has 0 bridgehead atoms. The summed E-state index contributed by atoms with van der Waals surface area (Å²) in [4.78, 5) is 56.3. The number of ketones is 1. The van der Waals surface area contributed by atoms with Crippen molar-refractivity contribution in [1.82, 2.24) is 4.90 Å². The van der Waals surface area contributed by atoms with Gasteiger partial charge in [0.15, 0.2) is 0 Å². The van der Waals surface area contributed by atoms with Crippen LogP contribution in [0.1, 0.15) is 35.7 Å². The first-order valence-corrected chi connectivity index (χ1v) is 18.6. The number of nitrogens with zero attached hydrogens (tertiary/aromatic N) is 2. The maximum absolute atomic E-state index is 15.6. The number of carbonyl (C=O) groups excluding carboxylic acids is 3. The number of para-hydroxylation sites is 1.